The van der Waals surface area contributed by atoms with Crippen LogP contribution in [0.25, 0.3) is 11.4 Å². The minimum absolute atomic E-state index is 0.0361. The molecule has 25 heavy (non-hydrogen) atoms. The summed E-state index contributed by atoms with van der Waals surface area (Å²) in [4.78, 5) is 15.8. The summed E-state index contributed by atoms with van der Waals surface area (Å²) in [5.41, 5.74) is 2.74. The molecule has 1 atom stereocenters. The van der Waals surface area contributed by atoms with E-state index < -0.39 is 12.3 Å². The highest BCUT2D eigenvalue weighted by atomic mass is 19.3. The van der Waals surface area contributed by atoms with E-state index in [-0.39, 0.29) is 17.9 Å². The smallest absolute Gasteiger partial charge is 0.315 e. The highest BCUT2D eigenvalue weighted by molar-refractivity contribution is 5.75. The van der Waals surface area contributed by atoms with Gasteiger partial charge in [0.15, 0.2) is 0 Å². The van der Waals surface area contributed by atoms with Gasteiger partial charge in [-0.25, -0.2) is 4.79 Å². The molecule has 0 saturated heterocycles. The first-order valence-corrected chi connectivity index (χ1v) is 8.42. The number of halogens is 2. The molecule has 0 bridgehead atoms. The topological polar surface area (TPSA) is 80.0 Å². The van der Waals surface area contributed by atoms with Crippen LogP contribution in [0.2, 0.25) is 0 Å². The summed E-state index contributed by atoms with van der Waals surface area (Å²) >= 11 is 0. The van der Waals surface area contributed by atoms with Crippen molar-refractivity contribution in [3.8, 4) is 11.4 Å². The SMILES string of the molecule is O=C(NC1CCC1)N[C@@H]1CCc2cc(-c3noc(C(F)F)n3)ccc21. The lowest BCUT2D eigenvalue weighted by Gasteiger charge is -2.27. The zero-order valence-corrected chi connectivity index (χ0v) is 13.5. The Morgan fingerprint density at radius 2 is 2.08 bits per heavy atom. The molecule has 2 N–H and O–H groups in total. The van der Waals surface area contributed by atoms with Crippen LogP contribution in [0.4, 0.5) is 13.6 Å². The number of amides is 2. The van der Waals surface area contributed by atoms with Gasteiger partial charge in [0, 0.05) is 11.6 Å². The molecule has 1 aromatic carbocycles. The molecule has 2 aliphatic rings. The van der Waals surface area contributed by atoms with E-state index in [9.17, 15) is 13.6 Å². The lowest BCUT2D eigenvalue weighted by Crippen LogP contribution is -2.45. The first kappa shape index (κ1) is 16.0. The minimum Gasteiger partial charge on any atom is -0.335 e. The number of carbonyl (C=O) groups is 1. The van der Waals surface area contributed by atoms with Gasteiger partial charge in [-0.15, -0.1) is 0 Å². The second-order valence-electron chi connectivity index (χ2n) is 6.51. The molecule has 2 amide bonds. The van der Waals surface area contributed by atoms with Crippen molar-refractivity contribution in [2.45, 2.75) is 50.6 Å². The molecule has 4 rings (SSSR count). The molecule has 132 valence electrons. The van der Waals surface area contributed by atoms with Crippen LogP contribution in [0.5, 0.6) is 0 Å². The van der Waals surface area contributed by atoms with Gasteiger partial charge in [0.25, 0.3) is 5.89 Å². The molecule has 2 aliphatic carbocycles. The second kappa shape index (κ2) is 6.42. The largest absolute Gasteiger partial charge is 0.335 e. The lowest BCUT2D eigenvalue weighted by molar-refractivity contribution is 0.106. The fourth-order valence-electron chi connectivity index (χ4n) is 3.29. The van der Waals surface area contributed by atoms with E-state index >= 15 is 0 Å². The van der Waals surface area contributed by atoms with Crippen molar-refractivity contribution < 1.29 is 18.1 Å². The van der Waals surface area contributed by atoms with Crippen molar-refractivity contribution in [1.82, 2.24) is 20.8 Å². The van der Waals surface area contributed by atoms with Gasteiger partial charge in [-0.2, -0.15) is 13.8 Å². The Morgan fingerprint density at radius 3 is 2.76 bits per heavy atom. The number of alkyl halides is 2. The zero-order chi connectivity index (χ0) is 17.4. The van der Waals surface area contributed by atoms with E-state index in [4.69, 9.17) is 0 Å². The molecule has 0 spiro atoms. The Labute approximate surface area is 143 Å². The normalized spacial score (nSPS) is 19.6. The van der Waals surface area contributed by atoms with E-state index in [2.05, 4.69) is 25.3 Å². The fraction of sp³-hybridized carbons (Fsp3) is 0.471. The Kier molecular flexibility index (Phi) is 4.10. The third-order valence-corrected chi connectivity index (χ3v) is 4.85. The number of fused-ring (bicyclic) bond motifs is 1. The average Bonchev–Trinajstić information content (AvgIpc) is 3.18. The van der Waals surface area contributed by atoms with Crippen LogP contribution >= 0.6 is 0 Å². The molecule has 0 aliphatic heterocycles. The molecular formula is C17H18F2N4O2. The summed E-state index contributed by atoms with van der Waals surface area (Å²) in [6, 6.07) is 5.66. The highest BCUT2D eigenvalue weighted by Gasteiger charge is 2.27. The number of carbonyl (C=O) groups excluding carboxylic acids is 1. The number of nitrogens with one attached hydrogen (secondary N) is 2. The maximum absolute atomic E-state index is 12.6. The molecular weight excluding hydrogens is 330 g/mol. The molecule has 1 saturated carbocycles. The average molecular weight is 348 g/mol. The van der Waals surface area contributed by atoms with E-state index in [0.717, 1.165) is 36.8 Å². The van der Waals surface area contributed by atoms with Crippen LogP contribution in [-0.4, -0.2) is 22.2 Å². The van der Waals surface area contributed by atoms with Crippen molar-refractivity contribution in [3.05, 3.63) is 35.2 Å². The predicted octanol–water partition coefficient (Wildman–Crippen LogP) is 3.51. The predicted molar refractivity (Wildman–Crippen MR) is 85.1 cm³/mol. The first-order valence-electron chi connectivity index (χ1n) is 8.42. The number of benzene rings is 1. The molecule has 8 heteroatoms. The van der Waals surface area contributed by atoms with Gasteiger partial charge in [-0.05, 0) is 49.3 Å². The number of rotatable bonds is 4. The molecule has 1 heterocycles. The highest BCUT2D eigenvalue weighted by Crippen LogP contribution is 2.34. The molecule has 2 aromatic rings. The third kappa shape index (κ3) is 3.20. The number of hydrogen-bond donors (Lipinski definition) is 2. The van der Waals surface area contributed by atoms with Gasteiger partial charge >= 0.3 is 12.5 Å². The maximum atomic E-state index is 12.6. The van der Waals surface area contributed by atoms with Gasteiger partial charge in [-0.3, -0.25) is 0 Å². The van der Waals surface area contributed by atoms with Crippen LogP contribution < -0.4 is 10.6 Å². The third-order valence-electron chi connectivity index (χ3n) is 4.85. The van der Waals surface area contributed by atoms with Crippen LogP contribution in [0.1, 0.15) is 55.2 Å². The summed E-state index contributed by atoms with van der Waals surface area (Å²) < 4.78 is 29.7. The monoisotopic (exact) mass is 348 g/mol. The van der Waals surface area contributed by atoms with Crippen LogP contribution in [0.15, 0.2) is 22.7 Å². The quantitative estimate of drug-likeness (QED) is 0.886. The maximum Gasteiger partial charge on any atom is 0.315 e. The van der Waals surface area contributed by atoms with Crippen molar-refractivity contribution in [2.24, 2.45) is 0 Å². The number of hydrogen-bond acceptors (Lipinski definition) is 4. The summed E-state index contributed by atoms with van der Waals surface area (Å²) in [6.07, 6.45) is 2.09. The van der Waals surface area contributed by atoms with Gasteiger partial charge < -0.3 is 15.2 Å². The number of aryl methyl sites for hydroxylation is 1. The van der Waals surface area contributed by atoms with Gasteiger partial charge in [0.2, 0.25) is 5.82 Å². The van der Waals surface area contributed by atoms with E-state index in [1.807, 2.05) is 12.1 Å². The Bertz CT molecular complexity index is 789. The molecule has 0 unspecified atom stereocenters. The standard InChI is InChI=1S/C17H18F2N4O2/c18-14(19)16-22-15(23-25-16)10-4-6-12-9(8-10)5-7-13(12)21-17(24)20-11-2-1-3-11/h4,6,8,11,13-14H,1-3,5,7H2,(H2,20,21,24)/t13-/m1/s1. The second-order valence-corrected chi connectivity index (χ2v) is 6.51. The van der Waals surface area contributed by atoms with E-state index in [0.29, 0.717) is 11.6 Å². The van der Waals surface area contributed by atoms with Gasteiger partial charge in [-0.1, -0.05) is 17.3 Å². The van der Waals surface area contributed by atoms with Crippen LogP contribution in [-0.2, 0) is 6.42 Å². The van der Waals surface area contributed by atoms with Gasteiger partial charge in [0.05, 0.1) is 6.04 Å². The molecule has 6 nitrogen and oxygen atoms in total. The van der Waals surface area contributed by atoms with Crippen molar-refractivity contribution in [3.63, 3.8) is 0 Å². The molecule has 1 fully saturated rings. The minimum atomic E-state index is -2.78. The van der Waals surface area contributed by atoms with Crippen molar-refractivity contribution in [1.29, 1.82) is 0 Å². The molecule has 0 radical (unpaired) electrons. The van der Waals surface area contributed by atoms with Crippen LogP contribution in [0.3, 0.4) is 0 Å². The van der Waals surface area contributed by atoms with Gasteiger partial charge in [0.1, 0.15) is 0 Å². The summed E-state index contributed by atoms with van der Waals surface area (Å²) in [6.45, 7) is 0. The summed E-state index contributed by atoms with van der Waals surface area (Å²) in [7, 11) is 0. The van der Waals surface area contributed by atoms with Crippen molar-refractivity contribution in [2.75, 3.05) is 0 Å². The number of nitrogens with zero attached hydrogens (tertiary/aromatic N) is 2. The summed E-state index contributed by atoms with van der Waals surface area (Å²) in [5, 5.41) is 9.59. The lowest BCUT2D eigenvalue weighted by atomic mass is 9.93. The Morgan fingerprint density at radius 1 is 1.24 bits per heavy atom. The number of aromatic nitrogens is 2. The zero-order valence-electron chi connectivity index (χ0n) is 13.5. The fourth-order valence-corrected chi connectivity index (χ4v) is 3.29. The Hall–Kier alpha value is -2.51. The number of urea groups is 1. The molecule has 1 aromatic heterocycles. The van der Waals surface area contributed by atoms with E-state index in [1.165, 1.54) is 6.42 Å². The summed E-state index contributed by atoms with van der Waals surface area (Å²) in [5.74, 6) is -0.528. The van der Waals surface area contributed by atoms with E-state index in [1.54, 1.807) is 6.07 Å². The van der Waals surface area contributed by atoms with Crippen LogP contribution in [0, 0.1) is 0 Å². The first-order chi connectivity index (χ1) is 12.1. The van der Waals surface area contributed by atoms with Crippen molar-refractivity contribution >= 4 is 6.03 Å². The Balaban J connectivity index is 1.46.